The average Bonchev–Trinajstić information content (AvgIpc) is 2.32. The fourth-order valence-corrected chi connectivity index (χ4v) is 2.54. The van der Waals surface area contributed by atoms with E-state index in [2.05, 4.69) is 5.32 Å². The van der Waals surface area contributed by atoms with E-state index in [1.165, 1.54) is 18.2 Å². The lowest BCUT2D eigenvalue weighted by molar-refractivity contribution is 0.466. The van der Waals surface area contributed by atoms with Crippen LogP contribution in [0.15, 0.2) is 30.3 Å². The van der Waals surface area contributed by atoms with Gasteiger partial charge in [0.05, 0.1) is 15.7 Å². The summed E-state index contributed by atoms with van der Waals surface area (Å²) in [4.78, 5) is 0. The van der Waals surface area contributed by atoms with Crippen LogP contribution in [-0.2, 0) is 6.54 Å². The Morgan fingerprint density at radius 1 is 1.05 bits per heavy atom. The van der Waals surface area contributed by atoms with Gasteiger partial charge >= 0.3 is 0 Å². The molecule has 0 unspecified atom stereocenters. The summed E-state index contributed by atoms with van der Waals surface area (Å²) in [7, 11) is 0. The van der Waals surface area contributed by atoms with Gasteiger partial charge in [-0.15, -0.1) is 0 Å². The molecule has 0 saturated carbocycles. The second-order valence-electron chi connectivity index (χ2n) is 3.87. The van der Waals surface area contributed by atoms with Crippen molar-refractivity contribution in [1.29, 1.82) is 0 Å². The van der Waals surface area contributed by atoms with E-state index in [-0.39, 0.29) is 12.3 Å². The first-order chi connectivity index (χ1) is 8.97. The molecule has 19 heavy (non-hydrogen) atoms. The van der Waals surface area contributed by atoms with E-state index in [0.29, 0.717) is 26.3 Å². The first-order valence-corrected chi connectivity index (χ1v) is 6.46. The van der Waals surface area contributed by atoms with Crippen LogP contribution in [0.5, 0.6) is 5.75 Å². The molecule has 0 fully saturated rings. The molecule has 0 aliphatic heterocycles. The lowest BCUT2D eigenvalue weighted by Crippen LogP contribution is -2.01. The normalized spacial score (nSPS) is 10.5. The van der Waals surface area contributed by atoms with Crippen LogP contribution >= 0.6 is 34.8 Å². The Kier molecular flexibility index (Phi) is 4.40. The van der Waals surface area contributed by atoms with Gasteiger partial charge in [-0.05, 0) is 30.3 Å². The Morgan fingerprint density at radius 2 is 1.68 bits per heavy atom. The highest BCUT2D eigenvalue weighted by Crippen LogP contribution is 2.34. The first-order valence-electron chi connectivity index (χ1n) is 5.33. The number of anilines is 1. The van der Waals surface area contributed by atoms with E-state index in [0.717, 1.165) is 0 Å². The molecule has 0 heterocycles. The van der Waals surface area contributed by atoms with Gasteiger partial charge in [0.25, 0.3) is 0 Å². The van der Waals surface area contributed by atoms with E-state index in [1.54, 1.807) is 12.1 Å². The molecule has 2 aromatic rings. The largest absolute Gasteiger partial charge is 0.508 e. The Morgan fingerprint density at radius 3 is 2.32 bits per heavy atom. The molecule has 0 amide bonds. The summed E-state index contributed by atoms with van der Waals surface area (Å²) in [5.74, 6) is -0.432. The number of rotatable bonds is 3. The SMILES string of the molecule is Oc1ccc(F)cc1CNc1c(Cl)cc(Cl)cc1Cl. The summed E-state index contributed by atoms with van der Waals surface area (Å²) in [5.41, 5.74) is 0.887. The van der Waals surface area contributed by atoms with Crippen molar-refractivity contribution >= 4 is 40.5 Å². The van der Waals surface area contributed by atoms with Gasteiger partial charge in [0.2, 0.25) is 0 Å². The van der Waals surface area contributed by atoms with E-state index >= 15 is 0 Å². The molecule has 2 nitrogen and oxygen atoms in total. The molecule has 0 atom stereocenters. The maximum atomic E-state index is 13.1. The van der Waals surface area contributed by atoms with Gasteiger partial charge in [0.15, 0.2) is 0 Å². The van der Waals surface area contributed by atoms with E-state index < -0.39 is 5.82 Å². The van der Waals surface area contributed by atoms with Crippen LogP contribution < -0.4 is 5.32 Å². The molecule has 2 rings (SSSR count). The molecule has 2 aromatic carbocycles. The standard InChI is InChI=1S/C13H9Cl3FNO/c14-8-4-10(15)13(11(16)5-8)18-6-7-3-9(17)1-2-12(7)19/h1-5,18-19H,6H2. The Balaban J connectivity index is 2.21. The molecular formula is C13H9Cl3FNO. The predicted molar refractivity (Wildman–Crippen MR) is 76.9 cm³/mol. The van der Waals surface area contributed by atoms with Crippen LogP contribution in [0, 0.1) is 5.82 Å². The van der Waals surface area contributed by atoms with Crippen molar-refractivity contribution in [2.45, 2.75) is 6.54 Å². The minimum atomic E-state index is -0.428. The van der Waals surface area contributed by atoms with Gasteiger partial charge in [-0.3, -0.25) is 0 Å². The minimum Gasteiger partial charge on any atom is -0.508 e. The van der Waals surface area contributed by atoms with Crippen molar-refractivity contribution in [3.8, 4) is 5.75 Å². The smallest absolute Gasteiger partial charge is 0.123 e. The number of phenolic OH excluding ortho intramolecular Hbond substituents is 1. The van der Waals surface area contributed by atoms with Gasteiger partial charge in [0.1, 0.15) is 11.6 Å². The average molecular weight is 321 g/mol. The summed E-state index contributed by atoms with van der Waals surface area (Å²) in [6.07, 6.45) is 0. The number of halogens is 4. The number of nitrogens with one attached hydrogen (secondary N) is 1. The van der Waals surface area contributed by atoms with Gasteiger partial charge in [-0.2, -0.15) is 0 Å². The van der Waals surface area contributed by atoms with E-state index in [9.17, 15) is 9.50 Å². The second-order valence-corrected chi connectivity index (χ2v) is 5.12. The van der Waals surface area contributed by atoms with Crippen LogP contribution in [-0.4, -0.2) is 5.11 Å². The summed E-state index contributed by atoms with van der Waals surface area (Å²) in [6.45, 7) is 0.185. The van der Waals surface area contributed by atoms with Gasteiger partial charge in [-0.1, -0.05) is 34.8 Å². The third-order valence-corrected chi connectivity index (χ3v) is 3.32. The lowest BCUT2D eigenvalue weighted by atomic mass is 10.2. The summed E-state index contributed by atoms with van der Waals surface area (Å²) >= 11 is 17.8. The van der Waals surface area contributed by atoms with Crippen LogP contribution in [0.3, 0.4) is 0 Å². The van der Waals surface area contributed by atoms with Gasteiger partial charge in [0, 0.05) is 17.1 Å². The van der Waals surface area contributed by atoms with Crippen LogP contribution in [0.2, 0.25) is 15.1 Å². The quantitative estimate of drug-likeness (QED) is 0.824. The zero-order valence-electron chi connectivity index (χ0n) is 9.55. The third-order valence-electron chi connectivity index (χ3n) is 2.50. The predicted octanol–water partition coefficient (Wildman–Crippen LogP) is 5.10. The monoisotopic (exact) mass is 319 g/mol. The maximum Gasteiger partial charge on any atom is 0.123 e. The van der Waals surface area contributed by atoms with Crippen molar-refractivity contribution in [1.82, 2.24) is 0 Å². The third kappa shape index (κ3) is 3.44. The summed E-state index contributed by atoms with van der Waals surface area (Å²) < 4.78 is 13.1. The van der Waals surface area contributed by atoms with Crippen molar-refractivity contribution in [3.63, 3.8) is 0 Å². The van der Waals surface area contributed by atoms with Crippen LogP contribution in [0.25, 0.3) is 0 Å². The molecular weight excluding hydrogens is 312 g/mol. The molecule has 0 radical (unpaired) electrons. The zero-order chi connectivity index (χ0) is 14.0. The van der Waals surface area contributed by atoms with Crippen LogP contribution in [0.1, 0.15) is 5.56 Å². The van der Waals surface area contributed by atoms with Crippen molar-refractivity contribution in [3.05, 3.63) is 56.8 Å². The Labute approximate surface area is 124 Å². The molecule has 0 aliphatic carbocycles. The molecule has 6 heteroatoms. The number of hydrogen-bond donors (Lipinski definition) is 2. The highest BCUT2D eigenvalue weighted by Gasteiger charge is 2.09. The highest BCUT2D eigenvalue weighted by atomic mass is 35.5. The lowest BCUT2D eigenvalue weighted by Gasteiger charge is -2.12. The Bertz CT molecular complexity index is 596. The maximum absolute atomic E-state index is 13.1. The van der Waals surface area contributed by atoms with Crippen molar-refractivity contribution < 1.29 is 9.50 Å². The van der Waals surface area contributed by atoms with Crippen molar-refractivity contribution in [2.75, 3.05) is 5.32 Å². The van der Waals surface area contributed by atoms with Crippen molar-refractivity contribution in [2.24, 2.45) is 0 Å². The van der Waals surface area contributed by atoms with E-state index in [4.69, 9.17) is 34.8 Å². The fourth-order valence-electron chi connectivity index (χ4n) is 1.59. The van der Waals surface area contributed by atoms with E-state index in [1.807, 2.05) is 0 Å². The van der Waals surface area contributed by atoms with Gasteiger partial charge < -0.3 is 10.4 Å². The summed E-state index contributed by atoms with van der Waals surface area (Å²) in [6, 6.07) is 6.80. The molecule has 0 bridgehead atoms. The molecule has 2 N–H and O–H groups in total. The molecule has 0 saturated heterocycles. The zero-order valence-corrected chi connectivity index (χ0v) is 11.8. The minimum absolute atomic E-state index is 0.00453. The first kappa shape index (κ1) is 14.3. The summed E-state index contributed by atoms with van der Waals surface area (Å²) in [5, 5.41) is 13.7. The fraction of sp³-hybridized carbons (Fsp3) is 0.0769. The van der Waals surface area contributed by atoms with Crippen LogP contribution in [0.4, 0.5) is 10.1 Å². The number of aromatic hydroxyl groups is 1. The molecule has 0 spiro atoms. The highest BCUT2D eigenvalue weighted by molar-refractivity contribution is 6.41. The molecule has 0 aliphatic rings. The number of benzene rings is 2. The number of phenols is 1. The molecule has 0 aromatic heterocycles. The second kappa shape index (κ2) is 5.87. The molecule has 100 valence electrons. The number of hydrogen-bond acceptors (Lipinski definition) is 2. The van der Waals surface area contributed by atoms with Gasteiger partial charge in [-0.25, -0.2) is 4.39 Å². The topological polar surface area (TPSA) is 32.3 Å². The Hall–Kier alpha value is -1.16.